The van der Waals surface area contributed by atoms with Crippen molar-refractivity contribution in [2.75, 3.05) is 13.2 Å². The summed E-state index contributed by atoms with van der Waals surface area (Å²) in [7, 11) is 0. The van der Waals surface area contributed by atoms with Gasteiger partial charge in [-0.25, -0.2) is 4.68 Å². The molecule has 11 heavy (non-hydrogen) atoms. The van der Waals surface area contributed by atoms with Crippen LogP contribution >= 0.6 is 0 Å². The maximum atomic E-state index is 5.26. The molecule has 0 unspecified atom stereocenters. The molecule has 0 spiro atoms. The Kier molecular flexibility index (Phi) is 2.85. The van der Waals surface area contributed by atoms with Crippen LogP contribution in [0.3, 0.4) is 0 Å². The minimum absolute atomic E-state index is 0.507. The highest BCUT2D eigenvalue weighted by Crippen LogP contribution is 2.05. The average molecular weight is 156 g/mol. The highest BCUT2D eigenvalue weighted by Gasteiger charge is 2.00. The van der Waals surface area contributed by atoms with Crippen molar-refractivity contribution >= 4 is 0 Å². The molecule has 0 fully saturated rings. The van der Waals surface area contributed by atoms with Gasteiger partial charge < -0.3 is 10.5 Å². The second-order valence-corrected chi connectivity index (χ2v) is 2.03. The Balaban J connectivity index is 2.54. The summed E-state index contributed by atoms with van der Waals surface area (Å²) in [5.41, 5.74) is 5.26. The van der Waals surface area contributed by atoms with E-state index in [9.17, 15) is 0 Å². The summed E-state index contributed by atoms with van der Waals surface area (Å²) in [6, 6.07) is 0. The number of hydrogen-bond donors (Lipinski definition) is 1. The molecule has 0 bridgehead atoms. The van der Waals surface area contributed by atoms with Gasteiger partial charge in [0.15, 0.2) is 0 Å². The molecule has 1 aromatic heterocycles. The van der Waals surface area contributed by atoms with E-state index >= 15 is 0 Å². The minimum atomic E-state index is 0.507. The Morgan fingerprint density at radius 1 is 1.73 bits per heavy atom. The maximum Gasteiger partial charge on any atom is 0.232 e. The molecule has 1 rings (SSSR count). The van der Waals surface area contributed by atoms with Crippen molar-refractivity contribution in [2.24, 2.45) is 5.73 Å². The van der Waals surface area contributed by atoms with Gasteiger partial charge in [-0.2, -0.15) is 0 Å². The third-order valence-electron chi connectivity index (χ3n) is 1.25. The van der Waals surface area contributed by atoms with Crippen LogP contribution in [0.1, 0.15) is 6.92 Å². The summed E-state index contributed by atoms with van der Waals surface area (Å²) in [6.45, 7) is 3.76. The lowest BCUT2D eigenvalue weighted by Gasteiger charge is -2.03. The van der Waals surface area contributed by atoms with Crippen LogP contribution in [0, 0.1) is 0 Å². The number of hydrogen-bond acceptors (Lipinski definition) is 4. The number of nitrogens with two attached hydrogens (primary N) is 1. The average Bonchev–Trinajstić information content (AvgIpc) is 2.47. The fourth-order valence-electron chi connectivity index (χ4n) is 0.743. The Labute approximate surface area is 65.1 Å². The molecule has 2 N–H and O–H groups in total. The molecule has 0 aromatic carbocycles. The van der Waals surface area contributed by atoms with E-state index < -0.39 is 0 Å². The minimum Gasteiger partial charge on any atom is -0.475 e. The molecule has 0 saturated heterocycles. The van der Waals surface area contributed by atoms with Gasteiger partial charge in [0.25, 0.3) is 0 Å². The van der Waals surface area contributed by atoms with Crippen LogP contribution in [0.15, 0.2) is 6.20 Å². The first-order valence-electron chi connectivity index (χ1n) is 3.59. The molecule has 0 saturated carbocycles. The second-order valence-electron chi connectivity index (χ2n) is 2.03. The standard InChI is InChI=1S/C6H12N4O/c1-2-10-6(5-8-9-10)11-4-3-7/h5H,2-4,7H2,1H3. The van der Waals surface area contributed by atoms with Gasteiger partial charge in [0.1, 0.15) is 12.8 Å². The van der Waals surface area contributed by atoms with Crippen LogP contribution in [-0.4, -0.2) is 28.1 Å². The molecule has 1 heterocycles. The predicted octanol–water partition coefficient (Wildman–Crippen LogP) is -0.364. The van der Waals surface area contributed by atoms with Gasteiger partial charge in [0.05, 0.1) is 0 Å². The van der Waals surface area contributed by atoms with Gasteiger partial charge in [0, 0.05) is 13.1 Å². The summed E-state index contributed by atoms with van der Waals surface area (Å²) >= 11 is 0. The Bertz CT molecular complexity index is 210. The summed E-state index contributed by atoms with van der Waals surface area (Å²) in [5.74, 6) is 0.679. The zero-order valence-electron chi connectivity index (χ0n) is 6.53. The van der Waals surface area contributed by atoms with E-state index in [4.69, 9.17) is 10.5 Å². The molecular formula is C6H12N4O. The number of rotatable bonds is 4. The fourth-order valence-corrected chi connectivity index (χ4v) is 0.743. The Hall–Kier alpha value is -1.10. The normalized spacial score (nSPS) is 10.0. The van der Waals surface area contributed by atoms with Crippen molar-refractivity contribution in [3.8, 4) is 5.88 Å². The zero-order valence-corrected chi connectivity index (χ0v) is 6.53. The summed E-state index contributed by atoms with van der Waals surface area (Å²) in [4.78, 5) is 0. The SMILES string of the molecule is CCn1nncc1OCCN. The van der Waals surface area contributed by atoms with Crippen LogP contribution in [0.5, 0.6) is 5.88 Å². The van der Waals surface area contributed by atoms with E-state index in [1.807, 2.05) is 6.92 Å². The van der Waals surface area contributed by atoms with E-state index in [1.54, 1.807) is 10.9 Å². The van der Waals surface area contributed by atoms with Crippen molar-refractivity contribution in [1.82, 2.24) is 15.0 Å². The molecular weight excluding hydrogens is 144 g/mol. The Morgan fingerprint density at radius 3 is 3.18 bits per heavy atom. The van der Waals surface area contributed by atoms with Crippen molar-refractivity contribution in [1.29, 1.82) is 0 Å². The van der Waals surface area contributed by atoms with E-state index in [0.29, 0.717) is 19.0 Å². The van der Waals surface area contributed by atoms with Crippen LogP contribution in [0.4, 0.5) is 0 Å². The third-order valence-corrected chi connectivity index (χ3v) is 1.25. The van der Waals surface area contributed by atoms with Crippen molar-refractivity contribution in [3.63, 3.8) is 0 Å². The van der Waals surface area contributed by atoms with E-state index in [-0.39, 0.29) is 0 Å². The van der Waals surface area contributed by atoms with E-state index in [2.05, 4.69) is 10.3 Å². The quantitative estimate of drug-likeness (QED) is 0.646. The molecule has 0 atom stereocenters. The topological polar surface area (TPSA) is 66.0 Å². The molecule has 0 aliphatic rings. The largest absolute Gasteiger partial charge is 0.475 e. The van der Waals surface area contributed by atoms with Gasteiger partial charge in [-0.1, -0.05) is 5.21 Å². The van der Waals surface area contributed by atoms with E-state index in [0.717, 1.165) is 6.54 Å². The summed E-state index contributed by atoms with van der Waals surface area (Å²) < 4.78 is 6.91. The first kappa shape index (κ1) is 8.00. The van der Waals surface area contributed by atoms with Crippen LogP contribution in [0.2, 0.25) is 0 Å². The van der Waals surface area contributed by atoms with E-state index in [1.165, 1.54) is 0 Å². The molecule has 0 amide bonds. The first-order chi connectivity index (χ1) is 5.38. The lowest BCUT2D eigenvalue weighted by molar-refractivity contribution is 0.294. The molecule has 0 aliphatic heterocycles. The number of nitrogens with zero attached hydrogens (tertiary/aromatic N) is 3. The molecule has 1 aromatic rings. The van der Waals surface area contributed by atoms with Gasteiger partial charge >= 0.3 is 0 Å². The van der Waals surface area contributed by atoms with Gasteiger partial charge in [-0.3, -0.25) is 0 Å². The number of aromatic nitrogens is 3. The highest BCUT2D eigenvalue weighted by molar-refractivity contribution is 5.00. The monoisotopic (exact) mass is 156 g/mol. The second kappa shape index (κ2) is 3.92. The fraction of sp³-hybridized carbons (Fsp3) is 0.667. The smallest absolute Gasteiger partial charge is 0.232 e. The first-order valence-corrected chi connectivity index (χ1v) is 3.59. The highest BCUT2D eigenvalue weighted by atomic mass is 16.5. The molecule has 5 nitrogen and oxygen atoms in total. The summed E-state index contributed by atoms with van der Waals surface area (Å²) in [5, 5.41) is 7.48. The van der Waals surface area contributed by atoms with Gasteiger partial charge in [0.2, 0.25) is 5.88 Å². The van der Waals surface area contributed by atoms with Crippen molar-refractivity contribution in [3.05, 3.63) is 6.20 Å². The predicted molar refractivity (Wildman–Crippen MR) is 40.2 cm³/mol. The number of ether oxygens (including phenoxy) is 1. The maximum absolute atomic E-state index is 5.26. The lowest BCUT2D eigenvalue weighted by Crippen LogP contribution is -2.12. The molecule has 5 heteroatoms. The molecule has 0 radical (unpaired) electrons. The lowest BCUT2D eigenvalue weighted by atomic mass is 10.7. The number of aryl methyl sites for hydroxylation is 1. The summed E-state index contributed by atoms with van der Waals surface area (Å²) in [6.07, 6.45) is 1.58. The van der Waals surface area contributed by atoms with Crippen molar-refractivity contribution in [2.45, 2.75) is 13.5 Å². The zero-order chi connectivity index (χ0) is 8.10. The van der Waals surface area contributed by atoms with Gasteiger partial charge in [-0.15, -0.1) is 5.10 Å². The molecule has 0 aliphatic carbocycles. The van der Waals surface area contributed by atoms with Crippen molar-refractivity contribution < 1.29 is 4.74 Å². The Morgan fingerprint density at radius 2 is 2.55 bits per heavy atom. The van der Waals surface area contributed by atoms with Crippen LogP contribution < -0.4 is 10.5 Å². The van der Waals surface area contributed by atoms with Crippen LogP contribution in [0.25, 0.3) is 0 Å². The third kappa shape index (κ3) is 1.91. The molecule has 62 valence electrons. The van der Waals surface area contributed by atoms with Gasteiger partial charge in [-0.05, 0) is 6.92 Å². The van der Waals surface area contributed by atoms with Crippen LogP contribution in [-0.2, 0) is 6.54 Å².